The van der Waals surface area contributed by atoms with Gasteiger partial charge in [-0.05, 0) is 43.2 Å². The zero-order valence-electron chi connectivity index (χ0n) is 18.0. The summed E-state index contributed by atoms with van der Waals surface area (Å²) >= 11 is 0. The van der Waals surface area contributed by atoms with Crippen molar-refractivity contribution in [3.63, 3.8) is 0 Å². The minimum absolute atomic E-state index is 0.0478. The number of hydrogen-bond acceptors (Lipinski definition) is 5. The lowest BCUT2D eigenvalue weighted by Gasteiger charge is -2.32. The van der Waals surface area contributed by atoms with E-state index >= 15 is 0 Å². The standard InChI is InChI=1S/C25H28FNO4/c1-16(2)27-22-7-5-4-6-21(22)25(17-8-10-18(26)11-9-17)23(27)13-12-19(28)14-20(29)15-24(30)31-3/h4-13,16,19,23,25,28H,14-15H2,1-3H3/b13-12+/t19-,23+,25+/m1/s1. The zero-order chi connectivity index (χ0) is 22.5. The highest BCUT2D eigenvalue weighted by Gasteiger charge is 2.38. The van der Waals surface area contributed by atoms with Crippen LogP contribution in [0.5, 0.6) is 0 Å². The van der Waals surface area contributed by atoms with Crippen LogP contribution < -0.4 is 4.90 Å². The Morgan fingerprint density at radius 3 is 2.48 bits per heavy atom. The average Bonchev–Trinajstić information content (AvgIpc) is 3.07. The molecule has 0 saturated carbocycles. The van der Waals surface area contributed by atoms with Gasteiger partial charge in [-0.15, -0.1) is 0 Å². The highest BCUT2D eigenvalue weighted by Crippen LogP contribution is 2.46. The fraction of sp³-hybridized carbons (Fsp3) is 0.360. The summed E-state index contributed by atoms with van der Waals surface area (Å²) in [6.07, 6.45) is 1.99. The molecule has 1 aliphatic heterocycles. The number of nitrogens with zero attached hydrogens (tertiary/aromatic N) is 1. The number of methoxy groups -OCH3 is 1. The normalized spacial score (nSPS) is 19.0. The van der Waals surface area contributed by atoms with E-state index in [1.165, 1.54) is 19.2 Å². The third kappa shape index (κ3) is 5.20. The number of hydrogen-bond donors (Lipinski definition) is 1. The van der Waals surface area contributed by atoms with Crippen LogP contribution in [0.15, 0.2) is 60.7 Å². The van der Waals surface area contributed by atoms with E-state index in [1.807, 2.05) is 18.2 Å². The number of carbonyl (C=O) groups excluding carboxylic acids is 2. The second-order valence-electron chi connectivity index (χ2n) is 8.03. The molecular formula is C25H28FNO4. The first-order valence-corrected chi connectivity index (χ1v) is 10.4. The molecule has 6 heteroatoms. The number of fused-ring (bicyclic) bond motifs is 1. The molecule has 0 bridgehead atoms. The second kappa shape index (κ2) is 9.88. The summed E-state index contributed by atoms with van der Waals surface area (Å²) in [5.41, 5.74) is 3.20. The number of aliphatic hydroxyl groups excluding tert-OH is 1. The van der Waals surface area contributed by atoms with Gasteiger partial charge >= 0.3 is 5.97 Å². The summed E-state index contributed by atoms with van der Waals surface area (Å²) in [5, 5.41) is 10.4. The second-order valence-corrected chi connectivity index (χ2v) is 8.03. The molecule has 0 fully saturated rings. The van der Waals surface area contributed by atoms with E-state index in [1.54, 1.807) is 18.2 Å². The predicted molar refractivity (Wildman–Crippen MR) is 117 cm³/mol. The Labute approximate surface area is 182 Å². The average molecular weight is 426 g/mol. The highest BCUT2D eigenvalue weighted by atomic mass is 19.1. The summed E-state index contributed by atoms with van der Waals surface area (Å²) in [4.78, 5) is 25.5. The van der Waals surface area contributed by atoms with Crippen LogP contribution in [0.4, 0.5) is 10.1 Å². The molecule has 31 heavy (non-hydrogen) atoms. The fourth-order valence-corrected chi connectivity index (χ4v) is 4.21. The van der Waals surface area contributed by atoms with Gasteiger partial charge in [0.2, 0.25) is 0 Å². The maximum absolute atomic E-state index is 13.5. The molecule has 1 heterocycles. The van der Waals surface area contributed by atoms with Gasteiger partial charge in [-0.3, -0.25) is 9.59 Å². The lowest BCUT2D eigenvalue weighted by atomic mass is 9.87. The molecule has 0 radical (unpaired) electrons. The van der Waals surface area contributed by atoms with Crippen LogP contribution in [-0.2, 0) is 14.3 Å². The maximum Gasteiger partial charge on any atom is 0.313 e. The molecule has 0 saturated heterocycles. The Morgan fingerprint density at radius 1 is 1.16 bits per heavy atom. The highest BCUT2D eigenvalue weighted by molar-refractivity contribution is 5.95. The number of rotatable bonds is 8. The predicted octanol–water partition coefficient (Wildman–Crippen LogP) is 3.99. The first kappa shape index (κ1) is 22.7. The molecular weight excluding hydrogens is 397 g/mol. The molecule has 2 aromatic carbocycles. The van der Waals surface area contributed by atoms with Crippen molar-refractivity contribution in [3.05, 3.63) is 77.6 Å². The smallest absolute Gasteiger partial charge is 0.313 e. The molecule has 1 aliphatic rings. The molecule has 0 amide bonds. The van der Waals surface area contributed by atoms with Gasteiger partial charge in [-0.25, -0.2) is 4.39 Å². The van der Waals surface area contributed by atoms with E-state index in [9.17, 15) is 19.1 Å². The monoisotopic (exact) mass is 425 g/mol. The van der Waals surface area contributed by atoms with E-state index in [2.05, 4.69) is 35.6 Å². The molecule has 0 aromatic heterocycles. The SMILES string of the molecule is COC(=O)CC(=O)C[C@H](O)/C=C/[C@H]1[C@@H](c2ccc(F)cc2)c2ccccc2N1C(C)C. The summed E-state index contributed by atoms with van der Waals surface area (Å²) in [5.74, 6) is -1.33. The van der Waals surface area contributed by atoms with Crippen molar-refractivity contribution in [1.29, 1.82) is 0 Å². The van der Waals surface area contributed by atoms with Crippen LogP contribution in [0.25, 0.3) is 0 Å². The molecule has 3 atom stereocenters. The third-order valence-corrected chi connectivity index (χ3v) is 5.53. The van der Waals surface area contributed by atoms with Crippen molar-refractivity contribution >= 4 is 17.4 Å². The molecule has 0 spiro atoms. The lowest BCUT2D eigenvalue weighted by Crippen LogP contribution is -2.38. The van der Waals surface area contributed by atoms with Gasteiger partial charge in [-0.1, -0.05) is 42.5 Å². The number of carbonyl (C=O) groups is 2. The summed E-state index contributed by atoms with van der Waals surface area (Å²) in [6, 6.07) is 14.7. The molecule has 1 N–H and O–H groups in total. The zero-order valence-corrected chi connectivity index (χ0v) is 18.0. The van der Waals surface area contributed by atoms with Gasteiger partial charge in [0.05, 0.1) is 19.3 Å². The van der Waals surface area contributed by atoms with Gasteiger partial charge in [-0.2, -0.15) is 0 Å². The summed E-state index contributed by atoms with van der Waals surface area (Å²) in [6.45, 7) is 4.20. The van der Waals surface area contributed by atoms with Crippen molar-refractivity contribution < 1.29 is 23.8 Å². The number of aliphatic hydroxyl groups is 1. The number of esters is 1. The Morgan fingerprint density at radius 2 is 1.84 bits per heavy atom. The first-order valence-electron chi connectivity index (χ1n) is 10.4. The van der Waals surface area contributed by atoms with Gasteiger partial charge in [0, 0.05) is 24.1 Å². The van der Waals surface area contributed by atoms with Crippen LogP contribution >= 0.6 is 0 Å². The number of ketones is 1. The summed E-state index contributed by atoms with van der Waals surface area (Å²) in [7, 11) is 1.22. The van der Waals surface area contributed by atoms with E-state index < -0.39 is 12.1 Å². The quantitative estimate of drug-likeness (QED) is 0.394. The van der Waals surface area contributed by atoms with Crippen LogP contribution in [0.3, 0.4) is 0 Å². The Kier molecular flexibility index (Phi) is 7.23. The van der Waals surface area contributed by atoms with Crippen molar-refractivity contribution in [2.75, 3.05) is 12.0 Å². The van der Waals surface area contributed by atoms with Crippen LogP contribution in [0.2, 0.25) is 0 Å². The van der Waals surface area contributed by atoms with Crippen LogP contribution in [0, 0.1) is 5.82 Å². The third-order valence-electron chi connectivity index (χ3n) is 5.53. The Bertz CT molecular complexity index is 954. The Balaban J connectivity index is 1.89. The van der Waals surface area contributed by atoms with Crippen molar-refractivity contribution in [2.24, 2.45) is 0 Å². The van der Waals surface area contributed by atoms with Crippen molar-refractivity contribution in [3.8, 4) is 0 Å². The van der Waals surface area contributed by atoms with E-state index in [0.717, 1.165) is 16.8 Å². The van der Waals surface area contributed by atoms with E-state index in [0.29, 0.717) is 0 Å². The molecule has 2 aromatic rings. The minimum atomic E-state index is -1.01. The van der Waals surface area contributed by atoms with Gasteiger partial charge in [0.25, 0.3) is 0 Å². The topological polar surface area (TPSA) is 66.8 Å². The largest absolute Gasteiger partial charge is 0.469 e. The number of halogens is 1. The number of ether oxygens (including phenoxy) is 1. The number of para-hydroxylation sites is 1. The van der Waals surface area contributed by atoms with E-state index in [4.69, 9.17) is 0 Å². The molecule has 164 valence electrons. The van der Waals surface area contributed by atoms with Gasteiger partial charge in [0.1, 0.15) is 18.0 Å². The molecule has 0 aliphatic carbocycles. The maximum atomic E-state index is 13.5. The van der Waals surface area contributed by atoms with E-state index in [-0.39, 0.29) is 42.4 Å². The van der Waals surface area contributed by atoms with Crippen molar-refractivity contribution in [1.82, 2.24) is 0 Å². The van der Waals surface area contributed by atoms with Gasteiger partial charge in [0.15, 0.2) is 0 Å². The van der Waals surface area contributed by atoms with Gasteiger partial charge < -0.3 is 14.7 Å². The minimum Gasteiger partial charge on any atom is -0.469 e. The Hall–Kier alpha value is -2.99. The number of Topliss-reactive ketones (excluding diaryl/α,β-unsaturated/α-hetero) is 1. The first-order chi connectivity index (χ1) is 14.8. The van der Waals surface area contributed by atoms with Crippen molar-refractivity contribution in [2.45, 2.75) is 50.8 Å². The lowest BCUT2D eigenvalue weighted by molar-refractivity contribution is -0.143. The molecule has 3 rings (SSSR count). The molecule has 0 unspecified atom stereocenters. The van der Waals surface area contributed by atoms with Crippen LogP contribution in [0.1, 0.15) is 43.7 Å². The number of benzene rings is 2. The fourth-order valence-electron chi connectivity index (χ4n) is 4.21. The van der Waals surface area contributed by atoms with Crippen LogP contribution in [-0.4, -0.2) is 42.2 Å². The molecule has 5 nitrogen and oxygen atoms in total. The number of anilines is 1. The summed E-state index contributed by atoms with van der Waals surface area (Å²) < 4.78 is 18.0.